The van der Waals surface area contributed by atoms with Gasteiger partial charge in [0.05, 0.1) is 12.5 Å². The number of para-hydroxylation sites is 1. The predicted octanol–water partition coefficient (Wildman–Crippen LogP) is 5.67. The normalized spacial score (nSPS) is 11.0. The van der Waals surface area contributed by atoms with Crippen LogP contribution in [0.15, 0.2) is 80.4 Å². The molecule has 5 aromatic rings. The van der Waals surface area contributed by atoms with Crippen LogP contribution in [0.5, 0.6) is 5.75 Å². The number of methoxy groups -OCH3 is 1. The van der Waals surface area contributed by atoms with E-state index in [1.54, 1.807) is 61.7 Å². The monoisotopic (exact) mass is 482 g/mol. The van der Waals surface area contributed by atoms with Crippen LogP contribution in [0.3, 0.4) is 0 Å². The van der Waals surface area contributed by atoms with Crippen LogP contribution in [0, 0.1) is 13.8 Å². The molecule has 0 saturated heterocycles. The van der Waals surface area contributed by atoms with Gasteiger partial charge in [0.25, 0.3) is 11.8 Å². The van der Waals surface area contributed by atoms with Crippen LogP contribution >= 0.6 is 0 Å². The fraction of sp³-hybridized carbons (Fsp3) is 0.107. The Labute approximate surface area is 205 Å². The molecule has 5 rings (SSSR count). The SMILES string of the molecule is COc1ccc(NC(=O)c2oc3ccccc3c2NC(=O)c2cc(=O)c3ccc(C)c(C)c3o2)cc1. The number of carbonyl (C=O) groups is 2. The molecule has 0 atom stereocenters. The van der Waals surface area contributed by atoms with Crippen molar-refractivity contribution in [1.29, 1.82) is 0 Å². The van der Waals surface area contributed by atoms with E-state index in [4.69, 9.17) is 13.6 Å². The molecule has 0 aliphatic rings. The van der Waals surface area contributed by atoms with E-state index in [9.17, 15) is 14.4 Å². The Hall–Kier alpha value is -4.85. The van der Waals surface area contributed by atoms with Crippen molar-refractivity contribution in [3.8, 4) is 5.75 Å². The maximum Gasteiger partial charge on any atom is 0.293 e. The van der Waals surface area contributed by atoms with E-state index in [0.717, 1.165) is 17.2 Å². The minimum absolute atomic E-state index is 0.0875. The van der Waals surface area contributed by atoms with Gasteiger partial charge in [0.2, 0.25) is 5.76 Å². The van der Waals surface area contributed by atoms with Gasteiger partial charge in [-0.3, -0.25) is 14.4 Å². The van der Waals surface area contributed by atoms with E-state index in [1.807, 2.05) is 19.9 Å². The van der Waals surface area contributed by atoms with Crippen LogP contribution in [0.2, 0.25) is 0 Å². The van der Waals surface area contributed by atoms with Crippen LogP contribution in [-0.4, -0.2) is 18.9 Å². The number of aryl methyl sites for hydroxylation is 2. The number of anilines is 2. The van der Waals surface area contributed by atoms with Crippen molar-refractivity contribution in [3.63, 3.8) is 0 Å². The van der Waals surface area contributed by atoms with Crippen LogP contribution < -0.4 is 20.8 Å². The molecule has 2 heterocycles. The molecule has 3 aromatic carbocycles. The second-order valence-electron chi connectivity index (χ2n) is 8.30. The second-order valence-corrected chi connectivity index (χ2v) is 8.30. The van der Waals surface area contributed by atoms with E-state index in [1.165, 1.54) is 0 Å². The molecule has 0 aliphatic heterocycles. The zero-order valence-electron chi connectivity index (χ0n) is 19.8. The van der Waals surface area contributed by atoms with Crippen LogP contribution in [-0.2, 0) is 0 Å². The van der Waals surface area contributed by atoms with Gasteiger partial charge in [-0.15, -0.1) is 0 Å². The van der Waals surface area contributed by atoms with Gasteiger partial charge in [0.15, 0.2) is 11.2 Å². The molecule has 0 saturated carbocycles. The summed E-state index contributed by atoms with van der Waals surface area (Å²) in [6.45, 7) is 3.72. The smallest absolute Gasteiger partial charge is 0.293 e. The van der Waals surface area contributed by atoms with E-state index >= 15 is 0 Å². The highest BCUT2D eigenvalue weighted by Crippen LogP contribution is 2.32. The number of furan rings is 1. The lowest BCUT2D eigenvalue weighted by molar-refractivity contribution is 0.0996. The third kappa shape index (κ3) is 4.09. The minimum atomic E-state index is -0.681. The molecule has 2 N–H and O–H groups in total. The highest BCUT2D eigenvalue weighted by Gasteiger charge is 2.24. The minimum Gasteiger partial charge on any atom is -0.497 e. The number of hydrogen-bond donors (Lipinski definition) is 2. The fourth-order valence-electron chi connectivity index (χ4n) is 3.93. The van der Waals surface area contributed by atoms with Gasteiger partial charge in [-0.1, -0.05) is 18.2 Å². The molecule has 0 radical (unpaired) electrons. The Morgan fingerprint density at radius 1 is 0.833 bits per heavy atom. The summed E-state index contributed by atoms with van der Waals surface area (Å²) in [4.78, 5) is 39.0. The Balaban J connectivity index is 1.52. The molecular formula is C28H22N2O6. The van der Waals surface area contributed by atoms with Crippen molar-refractivity contribution < 1.29 is 23.2 Å². The number of rotatable bonds is 5. The highest BCUT2D eigenvalue weighted by molar-refractivity contribution is 6.16. The van der Waals surface area contributed by atoms with Crippen LogP contribution in [0.1, 0.15) is 32.2 Å². The van der Waals surface area contributed by atoms with Gasteiger partial charge >= 0.3 is 0 Å². The van der Waals surface area contributed by atoms with E-state index in [-0.39, 0.29) is 22.6 Å². The predicted molar refractivity (Wildman–Crippen MR) is 137 cm³/mol. The van der Waals surface area contributed by atoms with Crippen molar-refractivity contribution in [2.24, 2.45) is 0 Å². The third-order valence-corrected chi connectivity index (χ3v) is 6.03. The summed E-state index contributed by atoms with van der Waals surface area (Å²) < 4.78 is 16.8. The van der Waals surface area contributed by atoms with Crippen molar-refractivity contribution in [3.05, 3.63) is 99.6 Å². The summed E-state index contributed by atoms with van der Waals surface area (Å²) in [7, 11) is 1.55. The van der Waals surface area contributed by atoms with Crippen molar-refractivity contribution in [2.45, 2.75) is 13.8 Å². The first kappa shape index (κ1) is 22.9. The van der Waals surface area contributed by atoms with E-state index in [2.05, 4.69) is 10.6 Å². The van der Waals surface area contributed by atoms with Crippen molar-refractivity contribution in [1.82, 2.24) is 0 Å². The van der Waals surface area contributed by atoms with Gasteiger partial charge in [-0.25, -0.2) is 0 Å². The number of amides is 2. The second kappa shape index (κ2) is 9.07. The van der Waals surface area contributed by atoms with Gasteiger partial charge in [0, 0.05) is 17.1 Å². The van der Waals surface area contributed by atoms with Crippen molar-refractivity contribution in [2.75, 3.05) is 17.7 Å². The number of fused-ring (bicyclic) bond motifs is 2. The van der Waals surface area contributed by atoms with E-state index < -0.39 is 11.8 Å². The topological polar surface area (TPSA) is 111 Å². The molecule has 0 aliphatic carbocycles. The Bertz CT molecular complexity index is 1700. The van der Waals surface area contributed by atoms with Gasteiger partial charge in [-0.2, -0.15) is 0 Å². The maximum atomic E-state index is 13.2. The summed E-state index contributed by atoms with van der Waals surface area (Å²) in [5.74, 6) is -0.853. The number of nitrogens with one attached hydrogen (secondary N) is 2. The summed E-state index contributed by atoms with van der Waals surface area (Å²) in [6, 6.07) is 18.4. The first-order chi connectivity index (χ1) is 17.4. The molecule has 2 amide bonds. The number of ether oxygens (including phenoxy) is 1. The molecule has 0 bridgehead atoms. The van der Waals surface area contributed by atoms with E-state index in [0.29, 0.717) is 33.4 Å². The molecular weight excluding hydrogens is 460 g/mol. The summed E-state index contributed by atoms with van der Waals surface area (Å²) >= 11 is 0. The molecule has 2 aromatic heterocycles. The average Bonchev–Trinajstić information content (AvgIpc) is 3.25. The fourth-order valence-corrected chi connectivity index (χ4v) is 3.93. The zero-order chi connectivity index (χ0) is 25.4. The number of hydrogen-bond acceptors (Lipinski definition) is 6. The number of benzene rings is 3. The molecule has 0 unspecified atom stereocenters. The Morgan fingerprint density at radius 2 is 1.58 bits per heavy atom. The Kier molecular flexibility index (Phi) is 5.77. The molecule has 36 heavy (non-hydrogen) atoms. The van der Waals surface area contributed by atoms with Crippen LogP contribution in [0.4, 0.5) is 11.4 Å². The summed E-state index contributed by atoms with van der Waals surface area (Å²) in [6.07, 6.45) is 0. The standard InChI is InChI=1S/C28H22N2O6/c1-15-8-13-19-21(31)14-23(36-25(19)16(15)2)27(32)30-24-20-6-4-5-7-22(20)35-26(24)28(33)29-17-9-11-18(34-3)12-10-17/h4-14H,1-3H3,(H,29,33)(H,30,32). The first-order valence-electron chi connectivity index (χ1n) is 11.2. The maximum absolute atomic E-state index is 13.2. The van der Waals surface area contributed by atoms with Crippen LogP contribution in [0.25, 0.3) is 21.9 Å². The third-order valence-electron chi connectivity index (χ3n) is 6.03. The average molecular weight is 482 g/mol. The Morgan fingerprint density at radius 3 is 2.33 bits per heavy atom. The molecule has 0 spiro atoms. The molecule has 8 heteroatoms. The summed E-state index contributed by atoms with van der Waals surface area (Å²) in [5.41, 5.74) is 2.82. The quantitative estimate of drug-likeness (QED) is 0.334. The number of carbonyl (C=O) groups excluding carboxylic acids is 2. The summed E-state index contributed by atoms with van der Waals surface area (Å²) in [5, 5.41) is 6.39. The molecule has 180 valence electrons. The first-order valence-corrected chi connectivity index (χ1v) is 11.2. The lowest BCUT2D eigenvalue weighted by Crippen LogP contribution is -2.18. The van der Waals surface area contributed by atoms with Gasteiger partial charge < -0.3 is 24.2 Å². The lowest BCUT2D eigenvalue weighted by atomic mass is 10.1. The van der Waals surface area contributed by atoms with Gasteiger partial charge in [-0.05, 0) is 67.4 Å². The zero-order valence-corrected chi connectivity index (χ0v) is 19.8. The van der Waals surface area contributed by atoms with Gasteiger partial charge in [0.1, 0.15) is 22.6 Å². The molecule has 8 nitrogen and oxygen atoms in total. The highest BCUT2D eigenvalue weighted by atomic mass is 16.5. The van der Waals surface area contributed by atoms with Crippen molar-refractivity contribution >= 4 is 45.1 Å². The largest absolute Gasteiger partial charge is 0.497 e. The lowest BCUT2D eigenvalue weighted by Gasteiger charge is -2.09. The molecule has 0 fully saturated rings.